The maximum absolute atomic E-state index is 12.5. The number of ether oxygens (including phenoxy) is 1. The third kappa shape index (κ3) is 3.99. The van der Waals surface area contributed by atoms with Gasteiger partial charge in [-0.2, -0.15) is 0 Å². The summed E-state index contributed by atoms with van der Waals surface area (Å²) < 4.78 is 5.42. The van der Waals surface area contributed by atoms with Crippen molar-refractivity contribution in [1.82, 2.24) is 4.90 Å². The van der Waals surface area contributed by atoms with Gasteiger partial charge >= 0.3 is 5.97 Å². The van der Waals surface area contributed by atoms with Crippen molar-refractivity contribution < 1.29 is 9.53 Å². The fourth-order valence-electron chi connectivity index (χ4n) is 4.60. The summed E-state index contributed by atoms with van der Waals surface area (Å²) in [5.74, 6) is 0.475. The monoisotopic (exact) mass is 319 g/mol. The first-order chi connectivity index (χ1) is 11.3. The van der Waals surface area contributed by atoms with Gasteiger partial charge in [0.15, 0.2) is 0 Å². The molecule has 3 unspecified atom stereocenters. The van der Waals surface area contributed by atoms with Crippen LogP contribution < -0.4 is 0 Å². The Kier molecular flexibility index (Phi) is 5.79. The second-order valence-electron chi connectivity index (χ2n) is 7.69. The molecule has 0 bridgehead atoms. The first-order valence-electron chi connectivity index (χ1n) is 9.84. The predicted molar refractivity (Wildman–Crippen MR) is 93.2 cm³/mol. The van der Waals surface area contributed by atoms with E-state index in [1.165, 1.54) is 57.9 Å². The van der Waals surface area contributed by atoms with E-state index in [4.69, 9.17) is 4.74 Å². The van der Waals surface area contributed by atoms with Gasteiger partial charge in [-0.15, -0.1) is 0 Å². The largest absolute Gasteiger partial charge is 0.466 e. The van der Waals surface area contributed by atoms with Crippen LogP contribution in [0.25, 0.3) is 0 Å². The maximum atomic E-state index is 12.5. The quantitative estimate of drug-likeness (QED) is 0.561. The summed E-state index contributed by atoms with van der Waals surface area (Å²) in [4.78, 5) is 15.2. The predicted octanol–water partition coefficient (Wildman–Crippen LogP) is 4.32. The number of fused-ring (bicyclic) bond motifs is 2. The summed E-state index contributed by atoms with van der Waals surface area (Å²) in [5, 5.41) is 0. The van der Waals surface area contributed by atoms with Crippen LogP contribution in [0.1, 0.15) is 71.1 Å². The summed E-state index contributed by atoms with van der Waals surface area (Å²) in [5.41, 5.74) is -0.205. The zero-order chi connectivity index (χ0) is 16.1. The Bertz CT molecular complexity index is 433. The lowest BCUT2D eigenvalue weighted by Crippen LogP contribution is -2.34. The van der Waals surface area contributed by atoms with E-state index in [2.05, 4.69) is 17.1 Å². The summed E-state index contributed by atoms with van der Waals surface area (Å²) in [6.07, 6.45) is 17.2. The van der Waals surface area contributed by atoms with E-state index in [1.807, 2.05) is 6.92 Å². The molecule has 3 nitrogen and oxygen atoms in total. The van der Waals surface area contributed by atoms with Crippen LogP contribution in [0.5, 0.6) is 0 Å². The molecule has 0 amide bonds. The SMILES string of the molecule is CCOC(=O)C12CCN3CCCC3CCCCCC/C=C\C1C2. The van der Waals surface area contributed by atoms with Crippen LogP contribution in [0.4, 0.5) is 0 Å². The van der Waals surface area contributed by atoms with Gasteiger partial charge in [-0.1, -0.05) is 31.4 Å². The van der Waals surface area contributed by atoms with Gasteiger partial charge in [-0.05, 0) is 70.9 Å². The minimum absolute atomic E-state index is 0.0532. The number of carbonyl (C=O) groups excluding carboxylic acids is 1. The van der Waals surface area contributed by atoms with E-state index in [0.29, 0.717) is 12.5 Å². The van der Waals surface area contributed by atoms with Crippen molar-refractivity contribution in [1.29, 1.82) is 0 Å². The van der Waals surface area contributed by atoms with Gasteiger partial charge in [0.25, 0.3) is 0 Å². The van der Waals surface area contributed by atoms with Crippen molar-refractivity contribution in [2.24, 2.45) is 11.3 Å². The Morgan fingerprint density at radius 3 is 2.87 bits per heavy atom. The van der Waals surface area contributed by atoms with Crippen molar-refractivity contribution in [3.8, 4) is 0 Å². The Labute approximate surface area is 141 Å². The summed E-state index contributed by atoms with van der Waals surface area (Å²) in [7, 11) is 0. The molecule has 130 valence electrons. The van der Waals surface area contributed by atoms with Gasteiger partial charge < -0.3 is 9.64 Å². The number of carbonyl (C=O) groups is 1. The molecule has 0 aromatic rings. The van der Waals surface area contributed by atoms with E-state index in [1.54, 1.807) is 0 Å². The molecule has 3 atom stereocenters. The molecule has 0 N–H and O–H groups in total. The van der Waals surface area contributed by atoms with Gasteiger partial charge in [0.2, 0.25) is 0 Å². The van der Waals surface area contributed by atoms with Crippen LogP contribution in [0.15, 0.2) is 12.2 Å². The van der Waals surface area contributed by atoms with E-state index in [-0.39, 0.29) is 11.4 Å². The molecular formula is C20H33NO2. The van der Waals surface area contributed by atoms with Crippen molar-refractivity contribution >= 4 is 5.97 Å². The fourth-order valence-corrected chi connectivity index (χ4v) is 4.60. The van der Waals surface area contributed by atoms with E-state index in [9.17, 15) is 4.79 Å². The smallest absolute Gasteiger partial charge is 0.312 e. The van der Waals surface area contributed by atoms with Gasteiger partial charge in [0, 0.05) is 6.04 Å². The average molecular weight is 319 g/mol. The number of nitrogens with zero attached hydrogens (tertiary/aromatic N) is 1. The fraction of sp³-hybridized carbons (Fsp3) is 0.850. The Morgan fingerprint density at radius 2 is 2.00 bits per heavy atom. The highest BCUT2D eigenvalue weighted by molar-refractivity contribution is 5.81. The third-order valence-corrected chi connectivity index (χ3v) is 6.19. The van der Waals surface area contributed by atoms with Crippen LogP contribution in [-0.2, 0) is 9.53 Å². The molecule has 1 saturated heterocycles. The van der Waals surface area contributed by atoms with Crippen molar-refractivity contribution in [2.75, 3.05) is 19.7 Å². The summed E-state index contributed by atoms with van der Waals surface area (Å²) >= 11 is 0. The second kappa shape index (κ2) is 7.83. The molecule has 0 aromatic carbocycles. The second-order valence-corrected chi connectivity index (χ2v) is 7.69. The zero-order valence-electron chi connectivity index (χ0n) is 14.8. The molecule has 3 aliphatic rings. The summed E-state index contributed by atoms with van der Waals surface area (Å²) in [6, 6.07) is 0.768. The highest BCUT2D eigenvalue weighted by Gasteiger charge is 2.59. The molecule has 0 radical (unpaired) electrons. The minimum Gasteiger partial charge on any atom is -0.466 e. The minimum atomic E-state index is -0.205. The van der Waals surface area contributed by atoms with Gasteiger partial charge in [0.1, 0.15) is 0 Å². The topological polar surface area (TPSA) is 29.5 Å². The Balaban J connectivity index is 1.68. The first kappa shape index (κ1) is 17.0. The number of esters is 1. The van der Waals surface area contributed by atoms with Gasteiger partial charge in [-0.3, -0.25) is 4.79 Å². The normalized spacial score (nSPS) is 37.3. The Morgan fingerprint density at radius 1 is 1.17 bits per heavy atom. The maximum Gasteiger partial charge on any atom is 0.312 e. The molecular weight excluding hydrogens is 286 g/mol. The first-order valence-corrected chi connectivity index (χ1v) is 9.84. The number of rotatable bonds is 2. The molecule has 3 rings (SSSR count). The molecule has 2 heterocycles. The van der Waals surface area contributed by atoms with E-state index < -0.39 is 0 Å². The number of allylic oxidation sites excluding steroid dienone is 2. The molecule has 2 fully saturated rings. The molecule has 23 heavy (non-hydrogen) atoms. The standard InChI is InChI=1S/C20H33NO2/c1-2-23-19(22)20-13-15-21-14-9-12-18(21)11-8-6-4-3-5-7-10-17(20)16-20/h7,10,17-18H,2-6,8-9,11-16H2,1H3/b10-7-. The molecule has 0 aromatic heterocycles. The lowest BCUT2D eigenvalue weighted by Gasteiger charge is -2.26. The zero-order valence-corrected chi connectivity index (χ0v) is 14.8. The van der Waals surface area contributed by atoms with Crippen molar-refractivity contribution in [3.05, 3.63) is 12.2 Å². The van der Waals surface area contributed by atoms with Crippen molar-refractivity contribution in [3.63, 3.8) is 0 Å². The van der Waals surface area contributed by atoms with Gasteiger partial charge in [-0.25, -0.2) is 0 Å². The van der Waals surface area contributed by atoms with Crippen LogP contribution in [0.2, 0.25) is 0 Å². The third-order valence-electron chi connectivity index (χ3n) is 6.19. The van der Waals surface area contributed by atoms with Crippen LogP contribution in [-0.4, -0.2) is 36.6 Å². The Hall–Kier alpha value is -0.830. The average Bonchev–Trinajstić information content (AvgIpc) is 3.08. The molecule has 0 spiro atoms. The lowest BCUT2D eigenvalue weighted by atomic mass is 9.97. The summed E-state index contributed by atoms with van der Waals surface area (Å²) in [6.45, 7) is 4.72. The highest BCUT2D eigenvalue weighted by atomic mass is 16.5. The molecule has 1 aliphatic carbocycles. The van der Waals surface area contributed by atoms with Crippen molar-refractivity contribution in [2.45, 2.75) is 77.2 Å². The number of hydrogen-bond acceptors (Lipinski definition) is 3. The van der Waals surface area contributed by atoms with Crippen LogP contribution in [0.3, 0.4) is 0 Å². The van der Waals surface area contributed by atoms with Crippen LogP contribution >= 0.6 is 0 Å². The van der Waals surface area contributed by atoms with E-state index in [0.717, 1.165) is 25.4 Å². The number of hydrogen-bond donors (Lipinski definition) is 0. The van der Waals surface area contributed by atoms with E-state index >= 15 is 0 Å². The lowest BCUT2D eigenvalue weighted by molar-refractivity contribution is -0.150. The highest BCUT2D eigenvalue weighted by Crippen LogP contribution is 2.57. The van der Waals surface area contributed by atoms with Crippen LogP contribution in [0, 0.1) is 11.3 Å². The van der Waals surface area contributed by atoms with Gasteiger partial charge in [0.05, 0.1) is 12.0 Å². The molecule has 1 saturated carbocycles. The molecule has 3 heteroatoms. The molecule has 2 aliphatic heterocycles.